The molecular formula is C11H7Cl2NO2S. The van der Waals surface area contributed by atoms with Crippen LogP contribution in [0.1, 0.15) is 9.67 Å². The molecular weight excluding hydrogens is 281 g/mol. The Kier molecular flexibility index (Phi) is 3.28. The molecule has 0 unspecified atom stereocenters. The van der Waals surface area contributed by atoms with E-state index in [1.54, 1.807) is 17.5 Å². The van der Waals surface area contributed by atoms with Crippen molar-refractivity contribution in [1.29, 1.82) is 0 Å². The molecule has 0 radical (unpaired) electrons. The Morgan fingerprint density at radius 1 is 1.29 bits per heavy atom. The summed E-state index contributed by atoms with van der Waals surface area (Å²) in [5, 5.41) is 11.4. The van der Waals surface area contributed by atoms with Crippen molar-refractivity contribution >= 4 is 46.2 Å². The second-order valence-corrected chi connectivity index (χ2v) is 5.03. The van der Waals surface area contributed by atoms with Gasteiger partial charge < -0.3 is 10.8 Å². The normalized spacial score (nSPS) is 10.5. The highest BCUT2D eigenvalue weighted by Crippen LogP contribution is 2.38. The molecule has 0 atom stereocenters. The predicted molar refractivity (Wildman–Crippen MR) is 71.1 cm³/mol. The number of benzene rings is 1. The molecule has 1 aromatic carbocycles. The second kappa shape index (κ2) is 4.56. The van der Waals surface area contributed by atoms with E-state index < -0.39 is 5.97 Å². The molecule has 3 N–H and O–H groups in total. The Labute approximate surface area is 111 Å². The first-order valence-corrected chi connectivity index (χ1v) is 6.20. The van der Waals surface area contributed by atoms with E-state index in [-0.39, 0.29) is 4.88 Å². The maximum absolute atomic E-state index is 11.0. The number of hydrogen-bond acceptors (Lipinski definition) is 3. The van der Waals surface area contributed by atoms with Gasteiger partial charge in [0, 0.05) is 16.8 Å². The monoisotopic (exact) mass is 287 g/mol. The summed E-state index contributed by atoms with van der Waals surface area (Å²) in [5.41, 5.74) is 7.18. The summed E-state index contributed by atoms with van der Waals surface area (Å²) in [4.78, 5) is 11.3. The highest BCUT2D eigenvalue weighted by atomic mass is 35.5. The second-order valence-electron chi connectivity index (χ2n) is 3.33. The van der Waals surface area contributed by atoms with Crippen molar-refractivity contribution in [2.24, 2.45) is 0 Å². The van der Waals surface area contributed by atoms with Crippen LogP contribution in [0.25, 0.3) is 11.1 Å². The molecule has 3 nitrogen and oxygen atoms in total. The van der Waals surface area contributed by atoms with Crippen LogP contribution in [-0.4, -0.2) is 11.1 Å². The van der Waals surface area contributed by atoms with Crippen molar-refractivity contribution in [3.8, 4) is 11.1 Å². The Hall–Kier alpha value is -1.23. The minimum Gasteiger partial charge on any atom is -0.477 e. The van der Waals surface area contributed by atoms with Gasteiger partial charge in [-0.15, -0.1) is 11.3 Å². The minimum atomic E-state index is -0.996. The maximum Gasteiger partial charge on any atom is 0.346 e. The van der Waals surface area contributed by atoms with Crippen LogP contribution in [-0.2, 0) is 0 Å². The number of nitrogen functional groups attached to an aromatic ring is 1. The molecule has 0 fully saturated rings. The molecule has 1 heterocycles. The average molecular weight is 288 g/mol. The third-order valence-corrected chi connectivity index (χ3v) is 3.90. The number of hydrogen-bond donors (Lipinski definition) is 2. The van der Waals surface area contributed by atoms with Gasteiger partial charge in [0.05, 0.1) is 10.0 Å². The van der Waals surface area contributed by atoms with Gasteiger partial charge in [0.15, 0.2) is 0 Å². The van der Waals surface area contributed by atoms with E-state index in [2.05, 4.69) is 0 Å². The van der Waals surface area contributed by atoms with Gasteiger partial charge >= 0.3 is 5.97 Å². The Balaban J connectivity index is 2.68. The Morgan fingerprint density at radius 3 is 2.65 bits per heavy atom. The van der Waals surface area contributed by atoms with Crippen LogP contribution >= 0.6 is 34.5 Å². The van der Waals surface area contributed by atoms with Gasteiger partial charge in [0.25, 0.3) is 0 Å². The van der Waals surface area contributed by atoms with Crippen molar-refractivity contribution in [3.63, 3.8) is 0 Å². The molecule has 0 saturated carbocycles. The van der Waals surface area contributed by atoms with Gasteiger partial charge in [0.2, 0.25) is 0 Å². The Bertz CT molecular complexity index is 595. The summed E-state index contributed by atoms with van der Waals surface area (Å²) in [5.74, 6) is -0.996. The van der Waals surface area contributed by atoms with Gasteiger partial charge in [0.1, 0.15) is 4.88 Å². The molecule has 0 spiro atoms. The highest BCUT2D eigenvalue weighted by Gasteiger charge is 2.17. The summed E-state index contributed by atoms with van der Waals surface area (Å²) < 4.78 is 0. The number of anilines is 1. The van der Waals surface area contributed by atoms with Crippen LogP contribution in [0.5, 0.6) is 0 Å². The van der Waals surface area contributed by atoms with E-state index in [1.165, 1.54) is 6.07 Å². The van der Waals surface area contributed by atoms with Gasteiger partial charge in [-0.2, -0.15) is 0 Å². The van der Waals surface area contributed by atoms with E-state index in [9.17, 15) is 4.79 Å². The van der Waals surface area contributed by atoms with E-state index in [1.807, 2.05) is 0 Å². The number of halogens is 2. The molecule has 6 heteroatoms. The minimum absolute atomic E-state index is 0.216. The first-order chi connectivity index (χ1) is 8.00. The number of rotatable bonds is 2. The van der Waals surface area contributed by atoms with Gasteiger partial charge in [-0.1, -0.05) is 23.2 Å². The van der Waals surface area contributed by atoms with Gasteiger partial charge in [-0.3, -0.25) is 0 Å². The van der Waals surface area contributed by atoms with Crippen molar-refractivity contribution < 1.29 is 9.90 Å². The van der Waals surface area contributed by atoms with E-state index in [4.69, 9.17) is 34.0 Å². The summed E-state index contributed by atoms with van der Waals surface area (Å²) in [6.07, 6.45) is 0. The number of carboxylic acids is 1. The molecule has 0 amide bonds. The molecule has 2 aromatic rings. The average Bonchev–Trinajstić information content (AvgIpc) is 2.72. The van der Waals surface area contributed by atoms with Crippen molar-refractivity contribution in [3.05, 3.63) is 38.5 Å². The lowest BCUT2D eigenvalue weighted by Crippen LogP contribution is -1.96. The molecule has 17 heavy (non-hydrogen) atoms. The molecule has 88 valence electrons. The fourth-order valence-electron chi connectivity index (χ4n) is 1.49. The molecule has 0 saturated heterocycles. The smallest absolute Gasteiger partial charge is 0.346 e. The number of thiophene rings is 1. The highest BCUT2D eigenvalue weighted by molar-refractivity contribution is 7.12. The quantitative estimate of drug-likeness (QED) is 0.821. The van der Waals surface area contributed by atoms with Crippen molar-refractivity contribution in [2.45, 2.75) is 0 Å². The van der Waals surface area contributed by atoms with Crippen LogP contribution in [0.4, 0.5) is 5.69 Å². The molecule has 2 rings (SSSR count). The maximum atomic E-state index is 11.0. The van der Waals surface area contributed by atoms with Gasteiger partial charge in [-0.25, -0.2) is 4.79 Å². The zero-order valence-electron chi connectivity index (χ0n) is 8.41. The van der Waals surface area contributed by atoms with Gasteiger partial charge in [-0.05, 0) is 23.6 Å². The zero-order valence-corrected chi connectivity index (χ0v) is 10.7. The number of nitrogens with two attached hydrogens (primary N) is 1. The lowest BCUT2D eigenvalue weighted by molar-refractivity contribution is 0.0703. The third-order valence-electron chi connectivity index (χ3n) is 2.20. The first kappa shape index (κ1) is 12.2. The van der Waals surface area contributed by atoms with E-state index >= 15 is 0 Å². The number of carboxylic acid groups (broad SMARTS) is 1. The molecule has 0 aliphatic carbocycles. The number of aromatic carboxylic acids is 1. The largest absolute Gasteiger partial charge is 0.477 e. The standard InChI is InChI=1S/C11H7Cl2NO2S/c12-8-4-5(14)3-7(9(8)13)6-1-2-17-10(6)11(15)16/h1-4H,14H2,(H,15,16). The zero-order chi connectivity index (χ0) is 12.6. The van der Waals surface area contributed by atoms with Crippen LogP contribution in [0.3, 0.4) is 0 Å². The fraction of sp³-hybridized carbons (Fsp3) is 0. The predicted octanol–water partition coefficient (Wildman–Crippen LogP) is 4.00. The molecule has 0 bridgehead atoms. The number of carbonyl (C=O) groups is 1. The van der Waals surface area contributed by atoms with Crippen LogP contribution < -0.4 is 5.73 Å². The van der Waals surface area contributed by atoms with E-state index in [0.717, 1.165) is 11.3 Å². The molecule has 1 aromatic heterocycles. The Morgan fingerprint density at radius 2 is 2.00 bits per heavy atom. The third kappa shape index (κ3) is 2.24. The lowest BCUT2D eigenvalue weighted by atomic mass is 10.1. The molecule has 0 aliphatic heterocycles. The topological polar surface area (TPSA) is 63.3 Å². The summed E-state index contributed by atoms with van der Waals surface area (Å²) in [7, 11) is 0. The van der Waals surface area contributed by atoms with Crippen molar-refractivity contribution in [2.75, 3.05) is 5.73 Å². The summed E-state index contributed by atoms with van der Waals surface area (Å²) in [6, 6.07) is 4.83. The van der Waals surface area contributed by atoms with Crippen LogP contribution in [0.2, 0.25) is 10.0 Å². The summed E-state index contributed by atoms with van der Waals surface area (Å²) in [6.45, 7) is 0. The molecule has 0 aliphatic rings. The van der Waals surface area contributed by atoms with Crippen LogP contribution in [0, 0.1) is 0 Å². The fourth-order valence-corrected chi connectivity index (χ4v) is 2.68. The van der Waals surface area contributed by atoms with Crippen LogP contribution in [0.15, 0.2) is 23.6 Å². The summed E-state index contributed by atoms with van der Waals surface area (Å²) >= 11 is 13.1. The van der Waals surface area contributed by atoms with Crippen molar-refractivity contribution in [1.82, 2.24) is 0 Å². The first-order valence-electron chi connectivity index (χ1n) is 4.56. The SMILES string of the molecule is Nc1cc(Cl)c(Cl)c(-c2ccsc2C(=O)O)c1. The lowest BCUT2D eigenvalue weighted by Gasteiger charge is -2.07. The van der Waals surface area contributed by atoms with E-state index in [0.29, 0.717) is 26.9 Å².